The number of nitrogens with zero attached hydrogens (tertiary/aromatic N) is 2. The van der Waals surface area contributed by atoms with Crippen molar-refractivity contribution < 1.29 is 28.2 Å². The molecule has 1 spiro atoms. The highest BCUT2D eigenvalue weighted by Crippen LogP contribution is 2.36. The first-order chi connectivity index (χ1) is 17.2. The van der Waals surface area contributed by atoms with E-state index in [9.17, 15) is 18.4 Å². The Balaban J connectivity index is 1.21. The van der Waals surface area contributed by atoms with Crippen molar-refractivity contribution in [1.29, 1.82) is 0 Å². The van der Waals surface area contributed by atoms with Gasteiger partial charge in [-0.15, -0.1) is 0 Å². The van der Waals surface area contributed by atoms with Gasteiger partial charge in [0.25, 0.3) is 0 Å². The van der Waals surface area contributed by atoms with Crippen molar-refractivity contribution in [3.8, 4) is 11.1 Å². The Bertz CT molecular complexity index is 1320. The van der Waals surface area contributed by atoms with Crippen LogP contribution in [0.5, 0.6) is 0 Å². The van der Waals surface area contributed by atoms with E-state index in [0.717, 1.165) is 42.4 Å². The summed E-state index contributed by atoms with van der Waals surface area (Å²) in [4.78, 5) is 27.6. The second kappa shape index (κ2) is 9.35. The fourth-order valence-electron chi connectivity index (χ4n) is 5.08. The predicted octanol–water partition coefficient (Wildman–Crippen LogP) is 5.63. The van der Waals surface area contributed by atoms with E-state index >= 15 is 0 Å². The molecule has 3 aromatic carbocycles. The van der Waals surface area contributed by atoms with Gasteiger partial charge in [0.05, 0.1) is 12.1 Å². The predicted molar refractivity (Wildman–Crippen MR) is 131 cm³/mol. The number of hydrogen-bond acceptors (Lipinski definition) is 4. The third-order valence-electron chi connectivity index (χ3n) is 7.08. The van der Waals surface area contributed by atoms with Crippen LogP contribution in [0, 0.1) is 18.6 Å². The van der Waals surface area contributed by atoms with Crippen LogP contribution < -0.4 is 4.90 Å². The number of hydrogen-bond donors (Lipinski definition) is 1. The smallest absolute Gasteiger partial charge is 0.415 e. The minimum atomic E-state index is -1.01. The van der Waals surface area contributed by atoms with Crippen LogP contribution in [0.15, 0.2) is 60.7 Å². The molecule has 0 saturated carbocycles. The monoisotopic (exact) mass is 492 g/mol. The maximum atomic E-state index is 14.2. The normalized spacial score (nSPS) is 17.4. The number of rotatable bonds is 5. The first-order valence-corrected chi connectivity index (χ1v) is 11.8. The fraction of sp³-hybridized carbons (Fsp3) is 0.286. The molecule has 0 radical (unpaired) electrons. The summed E-state index contributed by atoms with van der Waals surface area (Å²) in [7, 11) is 0. The number of carbonyl (C=O) groups is 2. The van der Waals surface area contributed by atoms with Gasteiger partial charge >= 0.3 is 12.1 Å². The first-order valence-electron chi connectivity index (χ1n) is 11.8. The second-order valence-electron chi connectivity index (χ2n) is 9.54. The van der Waals surface area contributed by atoms with E-state index < -0.39 is 29.3 Å². The average molecular weight is 493 g/mol. The Labute approximate surface area is 207 Å². The number of halogens is 2. The number of ether oxygens (including phenoxy) is 1. The quantitative estimate of drug-likeness (QED) is 0.500. The maximum absolute atomic E-state index is 14.2. The standard InChI is InChI=1S/C28H26F2N2O4/c1-18-14-19(2-8-23(18)24-9-5-21(29)15-25(24)30)16-31-12-10-28(11-13-31)17-32(27(35)36-28)22-6-3-20(4-7-22)26(33)34/h2-9,14-15H,10-13,16-17H2,1H3,(H,33,34). The van der Waals surface area contributed by atoms with E-state index in [1.54, 1.807) is 17.0 Å². The number of carboxylic acids is 1. The van der Waals surface area contributed by atoms with Crippen molar-refractivity contribution in [3.63, 3.8) is 0 Å². The molecule has 5 rings (SSSR count). The lowest BCUT2D eigenvalue weighted by Gasteiger charge is -2.37. The van der Waals surface area contributed by atoms with Crippen LogP contribution in [0.25, 0.3) is 11.1 Å². The molecule has 0 bridgehead atoms. The third kappa shape index (κ3) is 4.68. The van der Waals surface area contributed by atoms with Crippen LogP contribution in [-0.4, -0.2) is 47.3 Å². The van der Waals surface area contributed by atoms with Gasteiger partial charge in [0.15, 0.2) is 0 Å². The molecule has 0 atom stereocenters. The van der Waals surface area contributed by atoms with Gasteiger partial charge < -0.3 is 9.84 Å². The Kier molecular flexibility index (Phi) is 6.22. The lowest BCUT2D eigenvalue weighted by atomic mass is 9.90. The maximum Gasteiger partial charge on any atom is 0.415 e. The van der Waals surface area contributed by atoms with Crippen molar-refractivity contribution in [3.05, 3.63) is 89.0 Å². The van der Waals surface area contributed by atoms with Gasteiger partial charge in [-0.1, -0.05) is 18.2 Å². The number of aryl methyl sites for hydroxylation is 1. The van der Waals surface area contributed by atoms with E-state index in [1.807, 2.05) is 25.1 Å². The number of benzene rings is 3. The van der Waals surface area contributed by atoms with Crippen LogP contribution in [0.2, 0.25) is 0 Å². The van der Waals surface area contributed by atoms with E-state index in [4.69, 9.17) is 9.84 Å². The summed E-state index contributed by atoms with van der Waals surface area (Å²) in [5.41, 5.74) is 3.37. The molecule has 2 heterocycles. The molecule has 0 unspecified atom stereocenters. The van der Waals surface area contributed by atoms with Crippen molar-refractivity contribution >= 4 is 17.7 Å². The lowest BCUT2D eigenvalue weighted by molar-refractivity contribution is -0.000982. The zero-order valence-electron chi connectivity index (χ0n) is 19.8. The van der Waals surface area contributed by atoms with E-state index in [2.05, 4.69) is 4.90 Å². The van der Waals surface area contributed by atoms with Gasteiger partial charge in [0, 0.05) is 49.8 Å². The summed E-state index contributed by atoms with van der Waals surface area (Å²) in [5, 5.41) is 9.09. The third-order valence-corrected chi connectivity index (χ3v) is 7.08. The van der Waals surface area contributed by atoms with Crippen LogP contribution in [0.1, 0.15) is 34.3 Å². The molecular weight excluding hydrogens is 466 g/mol. The summed E-state index contributed by atoms with van der Waals surface area (Å²) in [6, 6.07) is 15.7. The first kappa shape index (κ1) is 23.9. The summed E-state index contributed by atoms with van der Waals surface area (Å²) >= 11 is 0. The molecule has 2 saturated heterocycles. The SMILES string of the molecule is Cc1cc(CN2CCC3(CC2)CN(c2ccc(C(=O)O)cc2)C(=O)O3)ccc1-c1ccc(F)cc1F. The van der Waals surface area contributed by atoms with Gasteiger partial charge in [0.1, 0.15) is 17.2 Å². The highest BCUT2D eigenvalue weighted by molar-refractivity contribution is 5.92. The average Bonchev–Trinajstić information content (AvgIpc) is 3.17. The minimum absolute atomic E-state index is 0.167. The molecule has 186 valence electrons. The van der Waals surface area contributed by atoms with Crippen LogP contribution in [-0.2, 0) is 11.3 Å². The molecule has 1 N–H and O–H groups in total. The molecule has 0 aromatic heterocycles. The molecule has 2 aliphatic rings. The van der Waals surface area contributed by atoms with Crippen molar-refractivity contribution in [2.75, 3.05) is 24.5 Å². The number of amides is 1. The number of carboxylic acid groups (broad SMARTS) is 1. The zero-order chi connectivity index (χ0) is 25.4. The number of anilines is 1. The number of aromatic carboxylic acids is 1. The molecular formula is C28H26F2N2O4. The van der Waals surface area contributed by atoms with Crippen molar-refractivity contribution in [2.24, 2.45) is 0 Å². The van der Waals surface area contributed by atoms with Gasteiger partial charge in [-0.2, -0.15) is 0 Å². The van der Waals surface area contributed by atoms with Crippen LogP contribution >= 0.6 is 0 Å². The molecule has 2 aliphatic heterocycles. The summed E-state index contributed by atoms with van der Waals surface area (Å²) in [6.07, 6.45) is 0.978. The van der Waals surface area contributed by atoms with E-state index in [1.165, 1.54) is 24.3 Å². The van der Waals surface area contributed by atoms with Crippen molar-refractivity contribution in [1.82, 2.24) is 4.90 Å². The molecule has 36 heavy (non-hydrogen) atoms. The summed E-state index contributed by atoms with van der Waals surface area (Å²) in [6.45, 7) is 4.59. The van der Waals surface area contributed by atoms with Gasteiger partial charge in [-0.25, -0.2) is 18.4 Å². The molecule has 3 aromatic rings. The zero-order valence-corrected chi connectivity index (χ0v) is 19.8. The van der Waals surface area contributed by atoms with Crippen molar-refractivity contribution in [2.45, 2.75) is 31.9 Å². The Morgan fingerprint density at radius 1 is 1.00 bits per heavy atom. The van der Waals surface area contributed by atoms with Crippen LogP contribution in [0.3, 0.4) is 0 Å². The lowest BCUT2D eigenvalue weighted by Crippen LogP contribution is -2.46. The van der Waals surface area contributed by atoms with Crippen LogP contribution in [0.4, 0.5) is 19.3 Å². The van der Waals surface area contributed by atoms with Gasteiger partial charge in [-0.05, 0) is 60.0 Å². The Hall–Kier alpha value is -3.78. The van der Waals surface area contributed by atoms with E-state index in [0.29, 0.717) is 30.6 Å². The molecule has 1 amide bonds. The number of carbonyl (C=O) groups excluding carboxylic acids is 1. The van der Waals surface area contributed by atoms with Gasteiger partial charge in [0.2, 0.25) is 0 Å². The molecule has 0 aliphatic carbocycles. The van der Waals surface area contributed by atoms with Gasteiger partial charge in [-0.3, -0.25) is 9.80 Å². The highest BCUT2D eigenvalue weighted by atomic mass is 19.1. The molecule has 8 heteroatoms. The Morgan fingerprint density at radius 2 is 1.69 bits per heavy atom. The number of piperidine rings is 1. The Morgan fingerprint density at radius 3 is 2.33 bits per heavy atom. The fourth-order valence-corrected chi connectivity index (χ4v) is 5.08. The summed E-state index contributed by atoms with van der Waals surface area (Å²) < 4.78 is 33.3. The molecule has 6 nitrogen and oxygen atoms in total. The minimum Gasteiger partial charge on any atom is -0.478 e. The second-order valence-corrected chi connectivity index (χ2v) is 9.54. The largest absolute Gasteiger partial charge is 0.478 e. The highest BCUT2D eigenvalue weighted by Gasteiger charge is 2.47. The van der Waals surface area contributed by atoms with E-state index in [-0.39, 0.29) is 5.56 Å². The summed E-state index contributed by atoms with van der Waals surface area (Å²) in [5.74, 6) is -2.19. The number of likely N-dealkylation sites (tertiary alicyclic amines) is 1. The topological polar surface area (TPSA) is 70.1 Å². The molecule has 2 fully saturated rings.